The quantitative estimate of drug-likeness (QED) is 0.767. The number of benzene rings is 2. The first-order valence-corrected chi connectivity index (χ1v) is 6.82. The van der Waals surface area contributed by atoms with E-state index in [0.29, 0.717) is 6.67 Å². The Morgan fingerprint density at radius 1 is 0.789 bits per heavy atom. The normalized spacial score (nSPS) is 10.3. The highest BCUT2D eigenvalue weighted by Crippen LogP contribution is 2.21. The zero-order valence-corrected chi connectivity index (χ0v) is 12.4. The molecule has 0 spiro atoms. The Morgan fingerprint density at radius 3 is 1.58 bits per heavy atom. The Balaban J connectivity index is 1.92. The second kappa shape index (κ2) is 6.18. The van der Waals surface area contributed by atoms with Crippen molar-refractivity contribution in [3.8, 4) is 0 Å². The van der Waals surface area contributed by atoms with Crippen LogP contribution in [-0.4, -0.2) is 6.67 Å². The Hall–Kier alpha value is -1.38. The molecule has 19 heavy (non-hydrogen) atoms. The predicted octanol–water partition coefficient (Wildman–Crippen LogP) is 5.09. The van der Waals surface area contributed by atoms with Gasteiger partial charge in [-0.1, -0.05) is 35.3 Å². The van der Waals surface area contributed by atoms with Crippen molar-refractivity contribution in [2.75, 3.05) is 17.3 Å². The highest BCUT2D eigenvalue weighted by Gasteiger charge is 1.99. The maximum atomic E-state index is 6.07. The summed E-state index contributed by atoms with van der Waals surface area (Å²) in [5.74, 6) is 0. The van der Waals surface area contributed by atoms with Gasteiger partial charge in [-0.25, -0.2) is 0 Å². The van der Waals surface area contributed by atoms with Gasteiger partial charge in [-0.15, -0.1) is 0 Å². The van der Waals surface area contributed by atoms with Crippen LogP contribution in [0.2, 0.25) is 10.0 Å². The van der Waals surface area contributed by atoms with Crippen LogP contribution in [0.1, 0.15) is 11.1 Å². The van der Waals surface area contributed by atoms with E-state index in [1.807, 2.05) is 50.2 Å². The summed E-state index contributed by atoms with van der Waals surface area (Å²) in [5.41, 5.74) is 4.12. The van der Waals surface area contributed by atoms with Crippen molar-refractivity contribution < 1.29 is 0 Å². The maximum absolute atomic E-state index is 6.07. The van der Waals surface area contributed by atoms with E-state index in [0.717, 1.165) is 32.5 Å². The third kappa shape index (κ3) is 3.79. The third-order valence-corrected chi connectivity index (χ3v) is 3.74. The van der Waals surface area contributed by atoms with Crippen LogP contribution in [0.3, 0.4) is 0 Å². The van der Waals surface area contributed by atoms with Gasteiger partial charge in [0.25, 0.3) is 0 Å². The van der Waals surface area contributed by atoms with Crippen molar-refractivity contribution in [2.45, 2.75) is 13.8 Å². The van der Waals surface area contributed by atoms with Crippen LogP contribution in [0.5, 0.6) is 0 Å². The van der Waals surface area contributed by atoms with E-state index >= 15 is 0 Å². The standard InChI is InChI=1S/C15H16Cl2N2/c1-10-3-5-12(7-14(10)16)18-9-19-13-6-4-11(2)15(17)8-13/h3-8,18-19H,9H2,1-2H3. The molecule has 0 radical (unpaired) electrons. The lowest BCUT2D eigenvalue weighted by Gasteiger charge is -2.11. The molecule has 0 amide bonds. The van der Waals surface area contributed by atoms with Gasteiger partial charge in [-0.05, 0) is 49.2 Å². The summed E-state index contributed by atoms with van der Waals surface area (Å²) in [6.45, 7) is 4.58. The van der Waals surface area contributed by atoms with Crippen LogP contribution in [-0.2, 0) is 0 Å². The van der Waals surface area contributed by atoms with Gasteiger partial charge in [0.05, 0.1) is 6.67 Å². The molecule has 0 aliphatic rings. The second-order valence-electron chi connectivity index (χ2n) is 4.46. The number of halogens is 2. The van der Waals surface area contributed by atoms with Crippen LogP contribution in [0.4, 0.5) is 11.4 Å². The molecule has 2 aromatic carbocycles. The van der Waals surface area contributed by atoms with Gasteiger partial charge in [-0.3, -0.25) is 0 Å². The third-order valence-electron chi connectivity index (χ3n) is 2.93. The molecule has 0 aromatic heterocycles. The van der Waals surface area contributed by atoms with E-state index in [2.05, 4.69) is 10.6 Å². The monoisotopic (exact) mass is 294 g/mol. The van der Waals surface area contributed by atoms with Crippen LogP contribution >= 0.6 is 23.2 Å². The number of hydrogen-bond acceptors (Lipinski definition) is 2. The van der Waals surface area contributed by atoms with E-state index in [1.165, 1.54) is 0 Å². The summed E-state index contributed by atoms with van der Waals surface area (Å²) in [5, 5.41) is 8.05. The molecular weight excluding hydrogens is 279 g/mol. The average molecular weight is 295 g/mol. The molecule has 0 bridgehead atoms. The van der Waals surface area contributed by atoms with Gasteiger partial charge in [0.1, 0.15) is 0 Å². The van der Waals surface area contributed by atoms with E-state index in [9.17, 15) is 0 Å². The van der Waals surface area contributed by atoms with Crippen molar-refractivity contribution in [3.05, 3.63) is 57.6 Å². The lowest BCUT2D eigenvalue weighted by Crippen LogP contribution is -2.11. The number of rotatable bonds is 4. The van der Waals surface area contributed by atoms with Crippen LogP contribution in [0, 0.1) is 13.8 Å². The summed E-state index contributed by atoms with van der Waals surface area (Å²) in [4.78, 5) is 0. The van der Waals surface area contributed by atoms with Crippen molar-refractivity contribution in [3.63, 3.8) is 0 Å². The molecule has 2 N–H and O–H groups in total. The Labute approximate surface area is 123 Å². The van der Waals surface area contributed by atoms with E-state index in [-0.39, 0.29) is 0 Å². The molecule has 0 unspecified atom stereocenters. The predicted molar refractivity (Wildman–Crippen MR) is 84.5 cm³/mol. The number of aryl methyl sites for hydroxylation is 2. The molecule has 2 nitrogen and oxygen atoms in total. The summed E-state index contributed by atoms with van der Waals surface area (Å²) >= 11 is 12.1. The van der Waals surface area contributed by atoms with E-state index in [4.69, 9.17) is 23.2 Å². The average Bonchev–Trinajstić information content (AvgIpc) is 2.38. The lowest BCUT2D eigenvalue weighted by atomic mass is 10.2. The number of hydrogen-bond donors (Lipinski definition) is 2. The SMILES string of the molecule is Cc1ccc(NCNc2ccc(C)c(Cl)c2)cc1Cl. The minimum absolute atomic E-state index is 0.610. The van der Waals surface area contributed by atoms with E-state index < -0.39 is 0 Å². The van der Waals surface area contributed by atoms with Crippen molar-refractivity contribution in [1.82, 2.24) is 0 Å². The van der Waals surface area contributed by atoms with Gasteiger partial charge in [-0.2, -0.15) is 0 Å². The van der Waals surface area contributed by atoms with Crippen LogP contribution in [0.25, 0.3) is 0 Å². The summed E-state index contributed by atoms with van der Waals surface area (Å²) in [7, 11) is 0. The van der Waals surface area contributed by atoms with Gasteiger partial charge in [0, 0.05) is 21.4 Å². The van der Waals surface area contributed by atoms with Gasteiger partial charge in [0.15, 0.2) is 0 Å². The van der Waals surface area contributed by atoms with Crippen LogP contribution in [0.15, 0.2) is 36.4 Å². The number of nitrogens with one attached hydrogen (secondary N) is 2. The van der Waals surface area contributed by atoms with Crippen molar-refractivity contribution in [1.29, 1.82) is 0 Å². The Morgan fingerprint density at radius 2 is 1.21 bits per heavy atom. The first-order valence-electron chi connectivity index (χ1n) is 6.06. The molecule has 0 saturated heterocycles. The molecule has 0 heterocycles. The van der Waals surface area contributed by atoms with Crippen LogP contribution < -0.4 is 10.6 Å². The Kier molecular flexibility index (Phi) is 4.56. The summed E-state index contributed by atoms with van der Waals surface area (Å²) < 4.78 is 0. The zero-order valence-electron chi connectivity index (χ0n) is 10.9. The Bertz CT molecular complexity index is 531. The van der Waals surface area contributed by atoms with Crippen molar-refractivity contribution >= 4 is 34.6 Å². The van der Waals surface area contributed by atoms with Crippen molar-refractivity contribution in [2.24, 2.45) is 0 Å². The molecule has 2 rings (SSSR count). The lowest BCUT2D eigenvalue weighted by molar-refractivity contribution is 1.21. The molecule has 0 aliphatic heterocycles. The molecule has 4 heteroatoms. The van der Waals surface area contributed by atoms with Gasteiger partial charge in [0.2, 0.25) is 0 Å². The molecule has 0 atom stereocenters. The minimum Gasteiger partial charge on any atom is -0.368 e. The molecule has 0 aliphatic carbocycles. The van der Waals surface area contributed by atoms with Gasteiger partial charge >= 0.3 is 0 Å². The molecule has 0 fully saturated rings. The second-order valence-corrected chi connectivity index (χ2v) is 5.27. The zero-order chi connectivity index (χ0) is 13.8. The molecule has 2 aromatic rings. The molecule has 100 valence electrons. The smallest absolute Gasteiger partial charge is 0.0849 e. The first kappa shape index (κ1) is 14.0. The topological polar surface area (TPSA) is 24.1 Å². The largest absolute Gasteiger partial charge is 0.368 e. The summed E-state index contributed by atoms with van der Waals surface area (Å²) in [6.07, 6.45) is 0. The number of anilines is 2. The fourth-order valence-electron chi connectivity index (χ4n) is 1.65. The molecule has 0 saturated carbocycles. The first-order chi connectivity index (χ1) is 9.06. The minimum atomic E-state index is 0.610. The maximum Gasteiger partial charge on any atom is 0.0849 e. The fraction of sp³-hybridized carbons (Fsp3) is 0.200. The molecular formula is C15H16Cl2N2. The van der Waals surface area contributed by atoms with E-state index in [1.54, 1.807) is 0 Å². The fourth-order valence-corrected chi connectivity index (χ4v) is 2.02. The summed E-state index contributed by atoms with van der Waals surface area (Å²) in [6, 6.07) is 11.8. The highest BCUT2D eigenvalue weighted by atomic mass is 35.5. The highest BCUT2D eigenvalue weighted by molar-refractivity contribution is 6.31. The van der Waals surface area contributed by atoms with Gasteiger partial charge < -0.3 is 10.6 Å².